The minimum atomic E-state index is -0.874. The van der Waals surface area contributed by atoms with Crippen LogP contribution in [0.1, 0.15) is 44.3 Å². The number of fused-ring (bicyclic) bond motifs is 1. The van der Waals surface area contributed by atoms with Crippen LogP contribution < -0.4 is 21.3 Å². The van der Waals surface area contributed by atoms with E-state index in [0.717, 1.165) is 50.3 Å². The van der Waals surface area contributed by atoms with E-state index in [0.29, 0.717) is 22.7 Å². The number of aromatic nitrogens is 5. The van der Waals surface area contributed by atoms with Crippen LogP contribution in [0.5, 0.6) is 0 Å². The molecule has 39 heavy (non-hydrogen) atoms. The monoisotopic (exact) mass is 532 g/mol. The summed E-state index contributed by atoms with van der Waals surface area (Å²) in [4.78, 5) is 39.6. The van der Waals surface area contributed by atoms with Crippen LogP contribution in [0, 0.1) is 12.7 Å². The van der Waals surface area contributed by atoms with Gasteiger partial charge in [-0.05, 0) is 64.4 Å². The third-order valence-electron chi connectivity index (χ3n) is 7.60. The lowest BCUT2D eigenvalue weighted by molar-refractivity contribution is 0.312. The number of pyridine rings is 1. The van der Waals surface area contributed by atoms with Gasteiger partial charge < -0.3 is 19.7 Å². The molecular weight excluding hydrogens is 499 g/mol. The van der Waals surface area contributed by atoms with Crippen LogP contribution in [-0.2, 0) is 0 Å². The average molecular weight is 533 g/mol. The fourth-order valence-corrected chi connectivity index (χ4v) is 5.27. The molecular formula is C28H33FN8O2. The van der Waals surface area contributed by atoms with Gasteiger partial charge in [-0.2, -0.15) is 4.98 Å². The van der Waals surface area contributed by atoms with Crippen LogP contribution in [0.2, 0.25) is 0 Å². The number of anilines is 3. The molecule has 0 radical (unpaired) electrons. The number of aryl methyl sites for hydroxylation is 1. The van der Waals surface area contributed by atoms with Crippen LogP contribution in [-0.4, -0.2) is 62.0 Å². The molecule has 2 aliphatic rings. The molecule has 6 rings (SSSR count). The SMILES string of the molecule is Cc1cc(Nc2ncc3c(=O)n(C4CC4)n(-c4cc(F)c(=O)n(C(C)C)c4)c3n2)ccc1N1CCN(C)CC1. The highest BCUT2D eigenvalue weighted by molar-refractivity contribution is 5.77. The maximum Gasteiger partial charge on any atom is 0.286 e. The largest absolute Gasteiger partial charge is 0.369 e. The molecule has 4 aromatic rings. The second kappa shape index (κ2) is 9.64. The van der Waals surface area contributed by atoms with E-state index < -0.39 is 11.4 Å². The molecule has 1 saturated heterocycles. The summed E-state index contributed by atoms with van der Waals surface area (Å²) < 4.78 is 19.3. The highest BCUT2D eigenvalue weighted by atomic mass is 19.1. The molecule has 0 bridgehead atoms. The van der Waals surface area contributed by atoms with E-state index in [1.165, 1.54) is 22.5 Å². The Hall–Kier alpha value is -3.99. The highest BCUT2D eigenvalue weighted by Crippen LogP contribution is 2.36. The Morgan fingerprint density at radius 2 is 1.79 bits per heavy atom. The molecule has 10 nitrogen and oxygen atoms in total. The first-order chi connectivity index (χ1) is 18.7. The van der Waals surface area contributed by atoms with Gasteiger partial charge in [-0.1, -0.05) is 0 Å². The van der Waals surface area contributed by atoms with Crippen LogP contribution in [0.15, 0.2) is 46.2 Å². The molecule has 1 N–H and O–H groups in total. The van der Waals surface area contributed by atoms with E-state index in [2.05, 4.69) is 46.2 Å². The fourth-order valence-electron chi connectivity index (χ4n) is 5.27. The molecule has 204 valence electrons. The molecule has 0 spiro atoms. The lowest BCUT2D eigenvalue weighted by Crippen LogP contribution is -2.44. The number of nitrogens with one attached hydrogen (secondary N) is 1. The maximum atomic E-state index is 14.7. The number of piperazine rings is 1. The van der Waals surface area contributed by atoms with Gasteiger partial charge in [0.15, 0.2) is 11.5 Å². The van der Waals surface area contributed by atoms with Crippen LogP contribution in [0.4, 0.5) is 21.7 Å². The van der Waals surface area contributed by atoms with E-state index in [1.807, 2.05) is 19.9 Å². The number of hydrogen-bond acceptors (Lipinski definition) is 7. The Morgan fingerprint density at radius 3 is 2.46 bits per heavy atom. The molecule has 3 aromatic heterocycles. The van der Waals surface area contributed by atoms with Gasteiger partial charge in [-0.15, -0.1) is 0 Å². The molecule has 1 aliphatic heterocycles. The average Bonchev–Trinajstić information content (AvgIpc) is 3.70. The van der Waals surface area contributed by atoms with Crippen LogP contribution >= 0.6 is 0 Å². The zero-order chi connectivity index (χ0) is 27.4. The van der Waals surface area contributed by atoms with Crippen molar-refractivity contribution < 1.29 is 4.39 Å². The van der Waals surface area contributed by atoms with Gasteiger partial charge >= 0.3 is 0 Å². The summed E-state index contributed by atoms with van der Waals surface area (Å²) >= 11 is 0. The van der Waals surface area contributed by atoms with Crippen molar-refractivity contribution in [1.29, 1.82) is 0 Å². The fraction of sp³-hybridized carbons (Fsp3) is 0.429. The Morgan fingerprint density at radius 1 is 1.05 bits per heavy atom. The lowest BCUT2D eigenvalue weighted by atomic mass is 10.1. The smallest absolute Gasteiger partial charge is 0.286 e. The Kier molecular flexibility index (Phi) is 6.25. The third kappa shape index (κ3) is 4.60. The standard InChI is InChI=1S/C28H33FN8O2/c1-17(2)35-16-21(14-23(29)27(35)39)36-25-22(26(38)37(36)20-6-7-20)15-30-28(32-25)31-19-5-8-24(18(3)13-19)34-11-9-33(4)10-12-34/h5,8,13-17,20H,6-7,9-12H2,1-4H3,(H,30,31,32). The predicted octanol–water partition coefficient (Wildman–Crippen LogP) is 3.60. The molecule has 1 aliphatic carbocycles. The summed E-state index contributed by atoms with van der Waals surface area (Å²) in [5.41, 5.74) is 3.00. The summed E-state index contributed by atoms with van der Waals surface area (Å²) in [6.45, 7) is 9.77. The van der Waals surface area contributed by atoms with Crippen LogP contribution in [0.3, 0.4) is 0 Å². The summed E-state index contributed by atoms with van der Waals surface area (Å²) in [7, 11) is 2.14. The zero-order valence-corrected chi connectivity index (χ0v) is 22.7. The van der Waals surface area contributed by atoms with Gasteiger partial charge in [0, 0.05) is 62.1 Å². The maximum absolute atomic E-state index is 14.7. The number of halogens is 1. The van der Waals surface area contributed by atoms with E-state index >= 15 is 0 Å². The first-order valence-corrected chi connectivity index (χ1v) is 13.4. The number of benzene rings is 1. The van der Waals surface area contributed by atoms with Crippen LogP contribution in [0.25, 0.3) is 16.7 Å². The Labute approximate surface area is 225 Å². The van der Waals surface area contributed by atoms with Crippen molar-refractivity contribution in [2.75, 3.05) is 43.4 Å². The van der Waals surface area contributed by atoms with Crippen molar-refractivity contribution in [2.45, 2.75) is 45.7 Å². The normalized spacial score (nSPS) is 16.4. The quantitative estimate of drug-likeness (QED) is 0.406. The summed E-state index contributed by atoms with van der Waals surface area (Å²) in [6.07, 6.45) is 4.80. The van der Waals surface area contributed by atoms with Crippen molar-refractivity contribution in [3.8, 4) is 5.69 Å². The van der Waals surface area contributed by atoms with Crippen molar-refractivity contribution in [3.63, 3.8) is 0 Å². The van der Waals surface area contributed by atoms with Crippen molar-refractivity contribution in [1.82, 2.24) is 28.8 Å². The van der Waals surface area contributed by atoms with E-state index in [4.69, 9.17) is 4.98 Å². The van der Waals surface area contributed by atoms with Crippen molar-refractivity contribution in [2.24, 2.45) is 0 Å². The van der Waals surface area contributed by atoms with Gasteiger partial charge in [0.1, 0.15) is 5.39 Å². The number of rotatable bonds is 6. The topological polar surface area (TPSA) is 93.2 Å². The minimum absolute atomic E-state index is 0.00429. The summed E-state index contributed by atoms with van der Waals surface area (Å²) in [6, 6.07) is 7.10. The second-order valence-corrected chi connectivity index (χ2v) is 10.9. The molecule has 0 amide bonds. The summed E-state index contributed by atoms with van der Waals surface area (Å²) in [5.74, 6) is -0.547. The second-order valence-electron chi connectivity index (χ2n) is 10.9. The number of likely N-dealkylation sites (N-methyl/N-ethyl adjacent to an activating group) is 1. The first-order valence-electron chi connectivity index (χ1n) is 13.4. The molecule has 1 saturated carbocycles. The first kappa shape index (κ1) is 25.3. The molecule has 11 heteroatoms. The number of nitrogens with zero attached hydrogens (tertiary/aromatic N) is 7. The minimum Gasteiger partial charge on any atom is -0.369 e. The van der Waals surface area contributed by atoms with E-state index in [-0.39, 0.29) is 17.6 Å². The van der Waals surface area contributed by atoms with Gasteiger partial charge in [0.25, 0.3) is 11.1 Å². The zero-order valence-electron chi connectivity index (χ0n) is 22.7. The lowest BCUT2D eigenvalue weighted by Gasteiger charge is -2.35. The van der Waals surface area contributed by atoms with Crippen molar-refractivity contribution >= 4 is 28.4 Å². The van der Waals surface area contributed by atoms with Gasteiger partial charge in [0.05, 0.1) is 11.7 Å². The van der Waals surface area contributed by atoms with Gasteiger partial charge in [0.2, 0.25) is 5.95 Å². The highest BCUT2D eigenvalue weighted by Gasteiger charge is 2.31. The van der Waals surface area contributed by atoms with Crippen molar-refractivity contribution in [3.05, 3.63) is 68.7 Å². The Balaban J connectivity index is 1.40. The van der Waals surface area contributed by atoms with Gasteiger partial charge in [-0.25, -0.2) is 18.7 Å². The molecule has 0 atom stereocenters. The molecule has 2 fully saturated rings. The van der Waals surface area contributed by atoms with E-state index in [9.17, 15) is 14.0 Å². The predicted molar refractivity (Wildman–Crippen MR) is 150 cm³/mol. The molecule has 0 unspecified atom stereocenters. The van der Waals surface area contributed by atoms with Gasteiger partial charge in [-0.3, -0.25) is 9.59 Å². The third-order valence-corrected chi connectivity index (χ3v) is 7.60. The molecule has 1 aromatic carbocycles. The number of hydrogen-bond donors (Lipinski definition) is 1. The van der Waals surface area contributed by atoms with E-state index in [1.54, 1.807) is 15.6 Å². The summed E-state index contributed by atoms with van der Waals surface area (Å²) in [5, 5.41) is 3.62. The Bertz CT molecular complexity index is 1680. The molecule has 4 heterocycles.